The fraction of sp³-hybridized carbons (Fsp3) is 0.562. The van der Waals surface area contributed by atoms with Crippen LogP contribution in [0.5, 0.6) is 0 Å². The Hall–Kier alpha value is -1.55. The zero-order valence-corrected chi connectivity index (χ0v) is 12.5. The van der Waals surface area contributed by atoms with Gasteiger partial charge in [-0.15, -0.1) is 0 Å². The maximum absolute atomic E-state index is 11.8. The Morgan fingerprint density at radius 1 is 1.45 bits per heavy atom. The van der Waals surface area contributed by atoms with Crippen molar-refractivity contribution in [2.24, 2.45) is 0 Å². The van der Waals surface area contributed by atoms with Gasteiger partial charge in [0.25, 0.3) is 5.91 Å². The largest absolute Gasteiger partial charge is 0.398 e. The molecule has 0 saturated carbocycles. The average molecular weight is 275 g/mol. The van der Waals surface area contributed by atoms with Crippen LogP contribution in [0.15, 0.2) is 18.2 Å². The van der Waals surface area contributed by atoms with Crippen LogP contribution in [-0.2, 0) is 6.54 Å². The molecule has 1 amide bonds. The molecule has 0 aromatic heterocycles. The monoisotopic (exact) mass is 275 g/mol. The van der Waals surface area contributed by atoms with E-state index in [0.717, 1.165) is 18.7 Å². The normalized spacial score (nSPS) is 19.8. The molecule has 1 aromatic carbocycles. The molecule has 1 heterocycles. The van der Waals surface area contributed by atoms with Gasteiger partial charge in [-0.2, -0.15) is 0 Å². The Balaban J connectivity index is 2.07. The molecule has 4 heteroatoms. The summed E-state index contributed by atoms with van der Waals surface area (Å²) in [4.78, 5) is 14.2. The van der Waals surface area contributed by atoms with E-state index in [1.807, 2.05) is 19.1 Å². The Morgan fingerprint density at radius 2 is 2.25 bits per heavy atom. The van der Waals surface area contributed by atoms with E-state index in [-0.39, 0.29) is 5.91 Å². The van der Waals surface area contributed by atoms with Crippen molar-refractivity contribution in [3.8, 4) is 0 Å². The highest BCUT2D eigenvalue weighted by molar-refractivity contribution is 5.95. The van der Waals surface area contributed by atoms with Crippen molar-refractivity contribution in [3.05, 3.63) is 29.3 Å². The fourth-order valence-electron chi connectivity index (χ4n) is 2.75. The molecule has 20 heavy (non-hydrogen) atoms. The van der Waals surface area contributed by atoms with Gasteiger partial charge in [0.1, 0.15) is 0 Å². The second-order valence-corrected chi connectivity index (χ2v) is 5.59. The number of nitrogen functional groups attached to an aromatic ring is 1. The molecule has 3 N–H and O–H groups in total. The number of rotatable bonds is 4. The summed E-state index contributed by atoms with van der Waals surface area (Å²) in [7, 11) is 0. The molecule has 0 bridgehead atoms. The van der Waals surface area contributed by atoms with Crippen molar-refractivity contribution in [2.45, 2.75) is 45.7 Å². The summed E-state index contributed by atoms with van der Waals surface area (Å²) in [6.45, 7) is 6.83. The fourth-order valence-corrected chi connectivity index (χ4v) is 2.75. The second kappa shape index (κ2) is 6.75. The number of benzene rings is 1. The van der Waals surface area contributed by atoms with Gasteiger partial charge in [0.05, 0.1) is 0 Å². The first kappa shape index (κ1) is 14.9. The molecule has 1 aliphatic heterocycles. The number of carbonyl (C=O) groups is 1. The lowest BCUT2D eigenvalue weighted by Crippen LogP contribution is -2.36. The number of likely N-dealkylation sites (tertiary alicyclic amines) is 1. The summed E-state index contributed by atoms with van der Waals surface area (Å²) in [6.07, 6.45) is 3.85. The van der Waals surface area contributed by atoms with Gasteiger partial charge in [0, 0.05) is 30.4 Å². The molecule has 0 radical (unpaired) electrons. The maximum atomic E-state index is 11.8. The number of carbonyl (C=O) groups excluding carboxylic acids is 1. The van der Waals surface area contributed by atoms with Gasteiger partial charge in [-0.1, -0.05) is 12.5 Å². The van der Waals surface area contributed by atoms with Gasteiger partial charge in [0.2, 0.25) is 0 Å². The van der Waals surface area contributed by atoms with E-state index in [0.29, 0.717) is 23.8 Å². The van der Waals surface area contributed by atoms with Crippen molar-refractivity contribution in [1.29, 1.82) is 0 Å². The van der Waals surface area contributed by atoms with Crippen LogP contribution in [0.3, 0.4) is 0 Å². The molecule has 1 unspecified atom stereocenters. The van der Waals surface area contributed by atoms with Crippen molar-refractivity contribution < 1.29 is 4.79 Å². The van der Waals surface area contributed by atoms with Gasteiger partial charge in [-0.25, -0.2) is 0 Å². The molecule has 1 fully saturated rings. The lowest BCUT2D eigenvalue weighted by molar-refractivity contribution is 0.0956. The summed E-state index contributed by atoms with van der Waals surface area (Å²) in [5, 5.41) is 2.79. The number of nitrogens with one attached hydrogen (secondary N) is 1. The minimum atomic E-state index is -0.0582. The first-order chi connectivity index (χ1) is 9.61. The SMILES string of the molecule is CCNC(=O)c1ccc(CN2CCCCC2C)c(N)c1. The number of hydrogen-bond donors (Lipinski definition) is 2. The van der Waals surface area contributed by atoms with E-state index in [1.165, 1.54) is 19.3 Å². The smallest absolute Gasteiger partial charge is 0.251 e. The van der Waals surface area contributed by atoms with Crippen molar-refractivity contribution in [3.63, 3.8) is 0 Å². The summed E-state index contributed by atoms with van der Waals surface area (Å²) in [5.74, 6) is -0.0582. The first-order valence-electron chi connectivity index (χ1n) is 7.52. The number of nitrogens with zero attached hydrogens (tertiary/aromatic N) is 1. The van der Waals surface area contributed by atoms with Crippen LogP contribution in [0.2, 0.25) is 0 Å². The maximum Gasteiger partial charge on any atom is 0.251 e. The van der Waals surface area contributed by atoms with Crippen LogP contribution >= 0.6 is 0 Å². The summed E-state index contributed by atoms with van der Waals surface area (Å²) in [6, 6.07) is 6.26. The minimum Gasteiger partial charge on any atom is -0.398 e. The Bertz CT molecular complexity index is 473. The predicted octanol–water partition coefficient (Wildman–Crippen LogP) is 2.39. The van der Waals surface area contributed by atoms with Gasteiger partial charge in [-0.05, 0) is 50.9 Å². The van der Waals surface area contributed by atoms with E-state index < -0.39 is 0 Å². The van der Waals surface area contributed by atoms with Gasteiger partial charge < -0.3 is 11.1 Å². The molecule has 1 atom stereocenters. The zero-order valence-electron chi connectivity index (χ0n) is 12.5. The third-order valence-corrected chi connectivity index (χ3v) is 4.06. The molecule has 1 aromatic rings. The highest BCUT2D eigenvalue weighted by Gasteiger charge is 2.19. The number of piperidine rings is 1. The molecule has 0 aliphatic carbocycles. The summed E-state index contributed by atoms with van der Waals surface area (Å²) < 4.78 is 0. The quantitative estimate of drug-likeness (QED) is 0.830. The molecular formula is C16H25N3O. The minimum absolute atomic E-state index is 0.0582. The van der Waals surface area contributed by atoms with Crippen LogP contribution in [-0.4, -0.2) is 29.9 Å². The van der Waals surface area contributed by atoms with Crippen LogP contribution in [0, 0.1) is 0 Å². The number of hydrogen-bond acceptors (Lipinski definition) is 3. The lowest BCUT2D eigenvalue weighted by atomic mass is 10.0. The van der Waals surface area contributed by atoms with Crippen molar-refractivity contribution in [1.82, 2.24) is 10.2 Å². The molecule has 1 saturated heterocycles. The summed E-state index contributed by atoms with van der Waals surface area (Å²) >= 11 is 0. The van der Waals surface area contributed by atoms with E-state index in [2.05, 4.69) is 17.1 Å². The number of nitrogens with two attached hydrogens (primary N) is 1. The van der Waals surface area contributed by atoms with Crippen molar-refractivity contribution in [2.75, 3.05) is 18.8 Å². The topological polar surface area (TPSA) is 58.4 Å². The average Bonchev–Trinajstić information content (AvgIpc) is 2.43. The van der Waals surface area contributed by atoms with Crippen LogP contribution in [0.4, 0.5) is 5.69 Å². The third kappa shape index (κ3) is 3.51. The van der Waals surface area contributed by atoms with Gasteiger partial charge in [0.15, 0.2) is 0 Å². The Kier molecular flexibility index (Phi) is 5.01. The van der Waals surface area contributed by atoms with Crippen LogP contribution in [0.25, 0.3) is 0 Å². The van der Waals surface area contributed by atoms with E-state index >= 15 is 0 Å². The molecule has 0 spiro atoms. The zero-order chi connectivity index (χ0) is 14.5. The highest BCUT2D eigenvalue weighted by atomic mass is 16.1. The van der Waals surface area contributed by atoms with Gasteiger partial charge >= 0.3 is 0 Å². The molecular weight excluding hydrogens is 250 g/mol. The Morgan fingerprint density at radius 3 is 2.90 bits per heavy atom. The molecule has 4 nitrogen and oxygen atoms in total. The van der Waals surface area contributed by atoms with Crippen LogP contribution in [0.1, 0.15) is 49.0 Å². The highest BCUT2D eigenvalue weighted by Crippen LogP contribution is 2.22. The molecule has 1 aliphatic rings. The number of anilines is 1. The number of amides is 1. The van der Waals surface area contributed by atoms with E-state index in [4.69, 9.17) is 5.73 Å². The van der Waals surface area contributed by atoms with Crippen molar-refractivity contribution >= 4 is 11.6 Å². The third-order valence-electron chi connectivity index (χ3n) is 4.06. The van der Waals surface area contributed by atoms with E-state index in [1.54, 1.807) is 6.07 Å². The predicted molar refractivity (Wildman–Crippen MR) is 82.6 cm³/mol. The second-order valence-electron chi connectivity index (χ2n) is 5.59. The van der Waals surface area contributed by atoms with Gasteiger partial charge in [-0.3, -0.25) is 9.69 Å². The first-order valence-corrected chi connectivity index (χ1v) is 7.52. The van der Waals surface area contributed by atoms with Crippen LogP contribution < -0.4 is 11.1 Å². The Labute approximate surface area is 121 Å². The summed E-state index contributed by atoms with van der Waals surface area (Å²) in [5.41, 5.74) is 8.58. The lowest BCUT2D eigenvalue weighted by Gasteiger charge is -2.33. The molecule has 110 valence electrons. The molecule has 2 rings (SSSR count). The standard InChI is InChI=1S/C16H25N3O/c1-3-18-16(20)13-7-8-14(15(17)10-13)11-19-9-5-4-6-12(19)2/h7-8,10,12H,3-6,9,11,17H2,1-2H3,(H,18,20). The van der Waals surface area contributed by atoms with E-state index in [9.17, 15) is 4.79 Å².